The number of nitrogens with zero attached hydrogens (tertiary/aromatic N) is 2. The summed E-state index contributed by atoms with van der Waals surface area (Å²) in [7, 11) is 0. The highest BCUT2D eigenvalue weighted by Crippen LogP contribution is 2.23. The molecule has 3 rings (SSSR count). The van der Waals surface area contributed by atoms with Gasteiger partial charge in [-0.1, -0.05) is 50.8 Å². The molecular weight excluding hydrogens is 425 g/mol. The van der Waals surface area contributed by atoms with Crippen LogP contribution in [0.1, 0.15) is 62.3 Å². The first-order valence-corrected chi connectivity index (χ1v) is 12.5. The van der Waals surface area contributed by atoms with Crippen LogP contribution in [-0.4, -0.2) is 40.9 Å². The van der Waals surface area contributed by atoms with Crippen molar-refractivity contribution in [1.82, 2.24) is 15.1 Å². The third-order valence-corrected chi connectivity index (χ3v) is 6.82. The van der Waals surface area contributed by atoms with Crippen LogP contribution in [0.2, 0.25) is 0 Å². The molecule has 1 aromatic carbocycles. The van der Waals surface area contributed by atoms with E-state index in [0.29, 0.717) is 19.6 Å². The summed E-state index contributed by atoms with van der Waals surface area (Å²) in [4.78, 5) is 31.1. The van der Waals surface area contributed by atoms with Gasteiger partial charge >= 0.3 is 6.03 Å². The van der Waals surface area contributed by atoms with Crippen LogP contribution in [0.5, 0.6) is 0 Å². The predicted molar refractivity (Wildman–Crippen MR) is 127 cm³/mol. The standard InChI is InChI=1S/C25H34FN3O2S/c1-2-3-15-27-25(31)29(22-8-5-4-6-9-22)19-24(30)28(18-23-10-7-16-32-23)17-20-11-13-21(26)14-12-20/h7,10-14,16,22H,2-6,8-9,15,17-19H2,1H3,(H,27,31). The van der Waals surface area contributed by atoms with Gasteiger partial charge in [-0.05, 0) is 48.4 Å². The highest BCUT2D eigenvalue weighted by Gasteiger charge is 2.29. The van der Waals surface area contributed by atoms with E-state index in [2.05, 4.69) is 12.2 Å². The van der Waals surface area contributed by atoms with Gasteiger partial charge in [-0.25, -0.2) is 9.18 Å². The van der Waals surface area contributed by atoms with E-state index in [4.69, 9.17) is 0 Å². The number of unbranched alkanes of at least 4 members (excludes halogenated alkanes) is 1. The maximum atomic E-state index is 13.5. The van der Waals surface area contributed by atoms with Gasteiger partial charge < -0.3 is 15.1 Å². The van der Waals surface area contributed by atoms with Gasteiger partial charge in [-0.2, -0.15) is 0 Å². The minimum Gasteiger partial charge on any atom is -0.338 e. The van der Waals surface area contributed by atoms with Crippen LogP contribution in [-0.2, 0) is 17.9 Å². The van der Waals surface area contributed by atoms with E-state index in [-0.39, 0.29) is 30.3 Å². The number of halogens is 1. The van der Waals surface area contributed by atoms with Crippen molar-refractivity contribution in [2.45, 2.75) is 71.0 Å². The molecular formula is C25H34FN3O2S. The second-order valence-corrected chi connectivity index (χ2v) is 9.49. The second-order valence-electron chi connectivity index (χ2n) is 8.46. The number of thiophene rings is 1. The Bertz CT molecular complexity index is 835. The molecule has 1 fully saturated rings. The number of urea groups is 1. The quantitative estimate of drug-likeness (QED) is 0.473. The number of carbonyl (C=O) groups is 2. The first-order chi connectivity index (χ1) is 15.6. The molecule has 5 nitrogen and oxygen atoms in total. The molecule has 0 radical (unpaired) electrons. The van der Waals surface area contributed by atoms with E-state index < -0.39 is 0 Å². The Hall–Kier alpha value is -2.41. The van der Waals surface area contributed by atoms with Crippen LogP contribution in [0.25, 0.3) is 0 Å². The Labute approximate surface area is 194 Å². The van der Waals surface area contributed by atoms with Gasteiger partial charge in [0.1, 0.15) is 12.4 Å². The Morgan fingerprint density at radius 3 is 2.50 bits per heavy atom. The number of amides is 3. The van der Waals surface area contributed by atoms with Crippen LogP contribution in [0.3, 0.4) is 0 Å². The second kappa shape index (κ2) is 12.6. The van der Waals surface area contributed by atoms with Crippen LogP contribution >= 0.6 is 11.3 Å². The molecule has 174 valence electrons. The highest BCUT2D eigenvalue weighted by atomic mass is 32.1. The van der Waals surface area contributed by atoms with Crippen molar-refractivity contribution in [1.29, 1.82) is 0 Å². The van der Waals surface area contributed by atoms with Gasteiger partial charge in [0.05, 0.1) is 6.54 Å². The van der Waals surface area contributed by atoms with E-state index in [9.17, 15) is 14.0 Å². The van der Waals surface area contributed by atoms with Crippen molar-refractivity contribution in [3.05, 3.63) is 58.0 Å². The van der Waals surface area contributed by atoms with Crippen molar-refractivity contribution < 1.29 is 14.0 Å². The average Bonchev–Trinajstić information content (AvgIpc) is 3.32. The third-order valence-electron chi connectivity index (χ3n) is 5.95. The normalized spacial score (nSPS) is 14.2. The summed E-state index contributed by atoms with van der Waals surface area (Å²) in [6, 6.07) is 10.2. The molecule has 0 atom stereocenters. The molecule has 1 aromatic heterocycles. The largest absolute Gasteiger partial charge is 0.338 e. The number of hydrogen-bond acceptors (Lipinski definition) is 3. The fraction of sp³-hybridized carbons (Fsp3) is 0.520. The van der Waals surface area contributed by atoms with Crippen molar-refractivity contribution >= 4 is 23.3 Å². The molecule has 0 spiro atoms. The Kier molecular flexibility index (Phi) is 9.53. The minimum atomic E-state index is -0.294. The van der Waals surface area contributed by atoms with Crippen molar-refractivity contribution in [2.24, 2.45) is 0 Å². The molecule has 0 aliphatic heterocycles. The van der Waals surface area contributed by atoms with E-state index in [1.54, 1.807) is 33.3 Å². The van der Waals surface area contributed by atoms with Crippen molar-refractivity contribution in [2.75, 3.05) is 13.1 Å². The summed E-state index contributed by atoms with van der Waals surface area (Å²) < 4.78 is 13.4. The summed E-state index contributed by atoms with van der Waals surface area (Å²) in [6.45, 7) is 3.64. The molecule has 1 saturated carbocycles. The lowest BCUT2D eigenvalue weighted by Crippen LogP contribution is -2.51. The van der Waals surface area contributed by atoms with Crippen LogP contribution in [0.15, 0.2) is 41.8 Å². The zero-order valence-corrected chi connectivity index (χ0v) is 19.7. The summed E-state index contributed by atoms with van der Waals surface area (Å²) in [6.07, 6.45) is 7.18. The maximum Gasteiger partial charge on any atom is 0.318 e. The SMILES string of the molecule is CCCCNC(=O)N(CC(=O)N(Cc1ccc(F)cc1)Cc1cccs1)C1CCCCC1. The molecule has 1 N–H and O–H groups in total. The number of benzene rings is 1. The number of hydrogen-bond donors (Lipinski definition) is 1. The first-order valence-electron chi connectivity index (χ1n) is 11.7. The fourth-order valence-corrected chi connectivity index (χ4v) is 4.83. The lowest BCUT2D eigenvalue weighted by Gasteiger charge is -2.35. The zero-order valence-electron chi connectivity index (χ0n) is 18.9. The number of carbonyl (C=O) groups excluding carboxylic acids is 2. The van der Waals surface area contributed by atoms with Gasteiger partial charge in [0.2, 0.25) is 5.91 Å². The summed E-state index contributed by atoms with van der Waals surface area (Å²) in [5, 5.41) is 4.99. The van der Waals surface area contributed by atoms with Crippen LogP contribution < -0.4 is 5.32 Å². The lowest BCUT2D eigenvalue weighted by molar-refractivity contribution is -0.133. The molecule has 7 heteroatoms. The zero-order chi connectivity index (χ0) is 22.8. The molecule has 0 saturated heterocycles. The van der Waals surface area contributed by atoms with E-state index in [0.717, 1.165) is 49.0 Å². The number of nitrogens with one attached hydrogen (secondary N) is 1. The smallest absolute Gasteiger partial charge is 0.318 e. The molecule has 1 aliphatic rings. The Morgan fingerprint density at radius 1 is 1.09 bits per heavy atom. The van der Waals surface area contributed by atoms with Crippen LogP contribution in [0.4, 0.5) is 9.18 Å². The topological polar surface area (TPSA) is 52.7 Å². The van der Waals surface area contributed by atoms with E-state index >= 15 is 0 Å². The Morgan fingerprint density at radius 2 is 1.84 bits per heavy atom. The van der Waals surface area contributed by atoms with Gasteiger partial charge in [0.15, 0.2) is 0 Å². The molecule has 0 bridgehead atoms. The predicted octanol–water partition coefficient (Wildman–Crippen LogP) is 5.56. The fourth-order valence-electron chi connectivity index (χ4n) is 4.11. The third kappa shape index (κ3) is 7.33. The molecule has 0 unspecified atom stereocenters. The molecule has 1 heterocycles. The van der Waals surface area contributed by atoms with Gasteiger partial charge in [-0.15, -0.1) is 11.3 Å². The maximum absolute atomic E-state index is 13.5. The Balaban J connectivity index is 1.74. The average molecular weight is 460 g/mol. The molecule has 1 aliphatic carbocycles. The van der Waals surface area contributed by atoms with E-state index in [1.807, 2.05) is 17.5 Å². The van der Waals surface area contributed by atoms with Gasteiger partial charge in [0.25, 0.3) is 0 Å². The summed E-state index contributed by atoms with van der Waals surface area (Å²) in [5.41, 5.74) is 0.868. The van der Waals surface area contributed by atoms with Gasteiger partial charge in [-0.3, -0.25) is 4.79 Å². The monoisotopic (exact) mass is 459 g/mol. The first kappa shape index (κ1) is 24.2. The minimum absolute atomic E-state index is 0.0647. The van der Waals surface area contributed by atoms with Crippen molar-refractivity contribution in [3.8, 4) is 0 Å². The lowest BCUT2D eigenvalue weighted by atomic mass is 9.94. The summed E-state index contributed by atoms with van der Waals surface area (Å²) in [5.74, 6) is -0.379. The molecule has 32 heavy (non-hydrogen) atoms. The summed E-state index contributed by atoms with van der Waals surface area (Å²) >= 11 is 1.60. The number of rotatable bonds is 10. The highest BCUT2D eigenvalue weighted by molar-refractivity contribution is 7.09. The van der Waals surface area contributed by atoms with Crippen molar-refractivity contribution in [3.63, 3.8) is 0 Å². The molecule has 2 aromatic rings. The van der Waals surface area contributed by atoms with Crippen LogP contribution in [0, 0.1) is 5.82 Å². The van der Waals surface area contributed by atoms with E-state index in [1.165, 1.54) is 18.6 Å². The molecule has 3 amide bonds. The van der Waals surface area contributed by atoms with Gasteiger partial charge in [0, 0.05) is 24.0 Å².